The highest BCUT2D eigenvalue weighted by Gasteiger charge is 2.34. The molecule has 1 aliphatic rings. The molecule has 0 radical (unpaired) electrons. The van der Waals surface area contributed by atoms with Crippen molar-refractivity contribution in [1.29, 1.82) is 0 Å². The maximum Gasteiger partial charge on any atom is 0.0440 e. The molecule has 0 aromatic heterocycles. The lowest BCUT2D eigenvalue weighted by Crippen LogP contribution is -2.35. The van der Waals surface area contributed by atoms with Crippen molar-refractivity contribution < 1.29 is 0 Å². The molecule has 2 atom stereocenters. The van der Waals surface area contributed by atoms with Crippen molar-refractivity contribution in [2.75, 3.05) is 6.54 Å². The Hall–Kier alpha value is -0.530. The summed E-state index contributed by atoms with van der Waals surface area (Å²) in [5.74, 6) is 1.33. The number of hydrogen-bond donors (Lipinski definition) is 1. The van der Waals surface area contributed by atoms with Crippen molar-refractivity contribution in [1.82, 2.24) is 0 Å². The van der Waals surface area contributed by atoms with Gasteiger partial charge in [-0.2, -0.15) is 0 Å². The minimum Gasteiger partial charge on any atom is -0.330 e. The third kappa shape index (κ3) is 3.73. The van der Waals surface area contributed by atoms with E-state index in [9.17, 15) is 0 Å². The highest BCUT2D eigenvalue weighted by Crippen LogP contribution is 2.43. The van der Waals surface area contributed by atoms with Crippen molar-refractivity contribution in [3.05, 3.63) is 34.3 Å². The van der Waals surface area contributed by atoms with Crippen LogP contribution in [0.2, 0.25) is 5.02 Å². The molecule has 1 fully saturated rings. The van der Waals surface area contributed by atoms with E-state index in [0.29, 0.717) is 17.3 Å². The zero-order chi connectivity index (χ0) is 14.0. The topological polar surface area (TPSA) is 26.0 Å². The molecule has 1 aromatic rings. The lowest BCUT2D eigenvalue weighted by Gasteiger charge is -2.40. The van der Waals surface area contributed by atoms with Crippen molar-refractivity contribution >= 4 is 11.6 Å². The predicted molar refractivity (Wildman–Crippen MR) is 83.6 cm³/mol. The Balaban J connectivity index is 2.14. The van der Waals surface area contributed by atoms with Crippen LogP contribution in [0.15, 0.2) is 18.2 Å². The molecular formula is C17H26ClN. The smallest absolute Gasteiger partial charge is 0.0440 e. The Kier molecular flexibility index (Phi) is 4.58. The third-order valence-corrected chi connectivity index (χ3v) is 5.02. The summed E-state index contributed by atoms with van der Waals surface area (Å²) in [5.41, 5.74) is 8.93. The molecule has 1 saturated carbocycles. The van der Waals surface area contributed by atoms with Crippen LogP contribution in [-0.4, -0.2) is 6.54 Å². The van der Waals surface area contributed by atoms with Gasteiger partial charge in [0.1, 0.15) is 0 Å². The van der Waals surface area contributed by atoms with Gasteiger partial charge in [-0.1, -0.05) is 37.6 Å². The van der Waals surface area contributed by atoms with E-state index in [4.69, 9.17) is 17.3 Å². The first-order chi connectivity index (χ1) is 8.91. The minimum absolute atomic E-state index is 0.452. The second-order valence-electron chi connectivity index (χ2n) is 6.96. The van der Waals surface area contributed by atoms with Gasteiger partial charge in [-0.3, -0.25) is 0 Å². The zero-order valence-electron chi connectivity index (χ0n) is 12.4. The highest BCUT2D eigenvalue weighted by atomic mass is 35.5. The van der Waals surface area contributed by atoms with E-state index in [1.807, 2.05) is 0 Å². The zero-order valence-corrected chi connectivity index (χ0v) is 13.1. The molecule has 0 saturated heterocycles. The molecule has 0 amide bonds. The average molecular weight is 280 g/mol. The quantitative estimate of drug-likeness (QED) is 0.860. The molecule has 0 aliphatic heterocycles. The molecule has 2 heteroatoms. The fourth-order valence-corrected chi connectivity index (χ4v) is 3.75. The van der Waals surface area contributed by atoms with E-state index in [0.717, 1.165) is 18.0 Å². The molecule has 0 bridgehead atoms. The van der Waals surface area contributed by atoms with Gasteiger partial charge in [-0.15, -0.1) is 0 Å². The van der Waals surface area contributed by atoms with Gasteiger partial charge in [0.15, 0.2) is 0 Å². The van der Waals surface area contributed by atoms with Crippen molar-refractivity contribution in [3.8, 4) is 0 Å². The predicted octanol–water partition coefficient (Wildman–Crippen LogP) is 4.59. The molecule has 1 aromatic carbocycles. The van der Waals surface area contributed by atoms with Crippen molar-refractivity contribution in [2.24, 2.45) is 23.0 Å². The summed E-state index contributed by atoms with van der Waals surface area (Å²) in [5, 5.41) is 0.916. The van der Waals surface area contributed by atoms with Crippen LogP contribution in [0.3, 0.4) is 0 Å². The molecule has 2 rings (SSSR count). The summed E-state index contributed by atoms with van der Waals surface area (Å²) in [6.45, 7) is 7.65. The minimum atomic E-state index is 0.452. The maximum atomic E-state index is 6.38. The van der Waals surface area contributed by atoms with Crippen LogP contribution in [0, 0.1) is 24.2 Å². The second kappa shape index (κ2) is 5.85. The van der Waals surface area contributed by atoms with Gasteiger partial charge < -0.3 is 5.73 Å². The van der Waals surface area contributed by atoms with Crippen LogP contribution in [-0.2, 0) is 6.42 Å². The first-order valence-corrected chi connectivity index (χ1v) is 7.74. The van der Waals surface area contributed by atoms with Crippen LogP contribution in [0.1, 0.15) is 44.2 Å². The summed E-state index contributed by atoms with van der Waals surface area (Å²) < 4.78 is 0. The van der Waals surface area contributed by atoms with Crippen LogP contribution in [0.5, 0.6) is 0 Å². The summed E-state index contributed by atoms with van der Waals surface area (Å²) in [7, 11) is 0. The van der Waals surface area contributed by atoms with E-state index in [1.54, 1.807) is 0 Å². The van der Waals surface area contributed by atoms with Crippen LogP contribution >= 0.6 is 11.6 Å². The third-order valence-electron chi connectivity index (χ3n) is 4.67. The molecule has 1 aliphatic carbocycles. The fraction of sp³-hybridized carbons (Fsp3) is 0.647. The van der Waals surface area contributed by atoms with Crippen molar-refractivity contribution in [3.63, 3.8) is 0 Å². The SMILES string of the molecule is Cc1ccc(CC2CC(C)(C)CCC2CN)c(Cl)c1. The van der Waals surface area contributed by atoms with Gasteiger partial charge in [0.25, 0.3) is 0 Å². The summed E-state index contributed by atoms with van der Waals surface area (Å²) in [4.78, 5) is 0. The number of aryl methyl sites for hydroxylation is 1. The standard InChI is InChI=1S/C17H26ClN/c1-12-4-5-13(16(18)8-12)9-15-10-17(2,3)7-6-14(15)11-19/h4-5,8,14-15H,6-7,9-11,19H2,1-3H3. The second-order valence-corrected chi connectivity index (χ2v) is 7.37. The lowest BCUT2D eigenvalue weighted by atomic mass is 9.65. The number of halogens is 1. The molecule has 106 valence electrons. The van der Waals surface area contributed by atoms with Gasteiger partial charge in [0, 0.05) is 5.02 Å². The van der Waals surface area contributed by atoms with Crippen molar-refractivity contribution in [2.45, 2.75) is 46.5 Å². The highest BCUT2D eigenvalue weighted by molar-refractivity contribution is 6.31. The summed E-state index contributed by atoms with van der Waals surface area (Å²) in [6.07, 6.45) is 4.90. The Bertz CT molecular complexity index is 439. The monoisotopic (exact) mass is 279 g/mol. The molecule has 2 N–H and O–H groups in total. The van der Waals surface area contributed by atoms with E-state index in [2.05, 4.69) is 39.0 Å². The van der Waals surface area contributed by atoms with E-state index >= 15 is 0 Å². The first-order valence-electron chi connectivity index (χ1n) is 7.36. The number of benzene rings is 1. The largest absolute Gasteiger partial charge is 0.330 e. The lowest BCUT2D eigenvalue weighted by molar-refractivity contribution is 0.121. The normalized spacial score (nSPS) is 26.4. The van der Waals surface area contributed by atoms with Crippen LogP contribution < -0.4 is 5.73 Å². The fourth-order valence-electron chi connectivity index (χ4n) is 3.44. The average Bonchev–Trinajstić information content (AvgIpc) is 2.32. The number of hydrogen-bond acceptors (Lipinski definition) is 1. The molecule has 0 heterocycles. The summed E-state index contributed by atoms with van der Waals surface area (Å²) in [6, 6.07) is 6.42. The first kappa shape index (κ1) is 14.9. The Morgan fingerprint density at radius 3 is 2.68 bits per heavy atom. The number of nitrogens with two attached hydrogens (primary N) is 1. The Labute approximate surface area is 122 Å². The van der Waals surface area contributed by atoms with Crippen LogP contribution in [0.4, 0.5) is 0 Å². The number of rotatable bonds is 3. The van der Waals surface area contributed by atoms with Gasteiger partial charge in [0.05, 0.1) is 0 Å². The molecule has 1 nitrogen and oxygen atoms in total. The molecule has 19 heavy (non-hydrogen) atoms. The van der Waals surface area contributed by atoms with E-state index in [-0.39, 0.29) is 0 Å². The Morgan fingerprint density at radius 1 is 1.32 bits per heavy atom. The van der Waals surface area contributed by atoms with Gasteiger partial charge >= 0.3 is 0 Å². The van der Waals surface area contributed by atoms with Gasteiger partial charge in [0.2, 0.25) is 0 Å². The van der Waals surface area contributed by atoms with E-state index in [1.165, 1.54) is 30.4 Å². The Morgan fingerprint density at radius 2 is 2.05 bits per heavy atom. The molecule has 0 spiro atoms. The van der Waals surface area contributed by atoms with Gasteiger partial charge in [-0.25, -0.2) is 0 Å². The summed E-state index contributed by atoms with van der Waals surface area (Å²) >= 11 is 6.38. The van der Waals surface area contributed by atoms with Crippen LogP contribution in [0.25, 0.3) is 0 Å². The molecular weight excluding hydrogens is 254 g/mol. The maximum absolute atomic E-state index is 6.38. The molecule has 2 unspecified atom stereocenters. The van der Waals surface area contributed by atoms with Gasteiger partial charge in [-0.05, 0) is 73.6 Å². The van der Waals surface area contributed by atoms with E-state index < -0.39 is 0 Å².